The third-order valence-corrected chi connectivity index (χ3v) is 3.71. The number of alkyl halides is 2. The monoisotopic (exact) mass is 362 g/mol. The van der Waals surface area contributed by atoms with E-state index in [9.17, 15) is 13.6 Å². The molecule has 0 saturated heterocycles. The molecule has 0 spiro atoms. The number of rotatable bonds is 4. The summed E-state index contributed by atoms with van der Waals surface area (Å²) in [6.45, 7) is 0. The van der Waals surface area contributed by atoms with E-state index in [0.717, 1.165) is 10.4 Å². The number of hydrogen-bond donors (Lipinski definition) is 1. The molecule has 128 valence electrons. The van der Waals surface area contributed by atoms with Gasteiger partial charge in [-0.3, -0.25) is 4.79 Å². The summed E-state index contributed by atoms with van der Waals surface area (Å²) in [5.41, 5.74) is 0.873. The molecule has 1 amide bonds. The highest BCUT2D eigenvalue weighted by atomic mass is 35.5. The maximum Gasteiger partial charge on any atom is 0.284 e. The van der Waals surface area contributed by atoms with Crippen molar-refractivity contribution in [3.05, 3.63) is 64.9 Å². The van der Waals surface area contributed by atoms with Gasteiger partial charge in [-0.1, -0.05) is 48.0 Å². The molecular formula is C17H13ClF2N4O. The Bertz CT molecular complexity index is 912. The molecule has 2 aromatic carbocycles. The number of nitrogens with one attached hydrogen (secondary N) is 1. The average molecular weight is 363 g/mol. The third-order valence-electron chi connectivity index (χ3n) is 3.48. The first kappa shape index (κ1) is 17.0. The van der Waals surface area contributed by atoms with Gasteiger partial charge in [0.05, 0.1) is 5.69 Å². The van der Waals surface area contributed by atoms with Crippen molar-refractivity contribution in [2.75, 3.05) is 5.32 Å². The van der Waals surface area contributed by atoms with Gasteiger partial charge in [0.1, 0.15) is 0 Å². The van der Waals surface area contributed by atoms with E-state index in [1.54, 1.807) is 18.2 Å². The largest absolute Gasteiger partial charge is 0.320 e. The van der Waals surface area contributed by atoms with Crippen LogP contribution in [0.2, 0.25) is 5.02 Å². The molecule has 1 aromatic heterocycles. The lowest BCUT2D eigenvalue weighted by molar-refractivity contribution is 0.100. The van der Waals surface area contributed by atoms with Crippen LogP contribution < -0.4 is 5.32 Å². The number of halogens is 3. The highest BCUT2D eigenvalue weighted by molar-refractivity contribution is 6.31. The van der Waals surface area contributed by atoms with Crippen LogP contribution in [-0.4, -0.2) is 20.9 Å². The van der Waals surface area contributed by atoms with E-state index in [4.69, 9.17) is 11.6 Å². The van der Waals surface area contributed by atoms with Gasteiger partial charge in [0.2, 0.25) is 0 Å². The first-order chi connectivity index (χ1) is 12.0. The molecule has 0 unspecified atom stereocenters. The van der Waals surface area contributed by atoms with Crippen molar-refractivity contribution in [3.63, 3.8) is 0 Å². The van der Waals surface area contributed by atoms with Crippen molar-refractivity contribution < 1.29 is 13.6 Å². The van der Waals surface area contributed by atoms with E-state index >= 15 is 0 Å². The van der Waals surface area contributed by atoms with Gasteiger partial charge < -0.3 is 5.32 Å². The Labute approximate surface area is 147 Å². The fourth-order valence-corrected chi connectivity index (χ4v) is 2.57. The standard InChI is InChI=1S/C17H13ClF2N4O/c1-24-22-14(16(19)20)15(23-24)17(25)21-13-9-11(18)7-8-12(13)10-5-3-2-4-6-10/h2-9,16H,1H3,(H,21,25). The Balaban J connectivity index is 1.98. The number of aryl methyl sites for hydroxylation is 1. The lowest BCUT2D eigenvalue weighted by Gasteiger charge is -2.11. The van der Waals surface area contributed by atoms with Crippen molar-refractivity contribution in [2.45, 2.75) is 6.43 Å². The maximum absolute atomic E-state index is 13.0. The van der Waals surface area contributed by atoms with Crippen molar-refractivity contribution in [1.82, 2.24) is 15.0 Å². The molecule has 1 heterocycles. The van der Waals surface area contributed by atoms with E-state index in [1.807, 2.05) is 30.3 Å². The minimum Gasteiger partial charge on any atom is -0.320 e. The molecular weight excluding hydrogens is 350 g/mol. The number of amides is 1. The molecule has 1 N–H and O–H groups in total. The predicted molar refractivity (Wildman–Crippen MR) is 90.8 cm³/mol. The summed E-state index contributed by atoms with van der Waals surface area (Å²) >= 11 is 6.02. The van der Waals surface area contributed by atoms with Gasteiger partial charge in [0.25, 0.3) is 12.3 Å². The number of benzene rings is 2. The van der Waals surface area contributed by atoms with Gasteiger partial charge >= 0.3 is 0 Å². The summed E-state index contributed by atoms with van der Waals surface area (Å²) < 4.78 is 26.1. The number of nitrogens with zero attached hydrogens (tertiary/aromatic N) is 3. The number of carbonyl (C=O) groups is 1. The van der Waals surface area contributed by atoms with Crippen molar-refractivity contribution in [3.8, 4) is 11.1 Å². The lowest BCUT2D eigenvalue weighted by atomic mass is 10.0. The summed E-state index contributed by atoms with van der Waals surface area (Å²) in [6, 6.07) is 14.3. The van der Waals surface area contributed by atoms with Gasteiger partial charge in [0, 0.05) is 17.6 Å². The molecule has 0 aliphatic heterocycles. The van der Waals surface area contributed by atoms with Crippen LogP contribution in [0.15, 0.2) is 48.5 Å². The minimum atomic E-state index is -2.90. The van der Waals surface area contributed by atoms with Crippen LogP contribution in [0.3, 0.4) is 0 Å². The van der Waals surface area contributed by atoms with E-state index in [0.29, 0.717) is 16.3 Å². The topological polar surface area (TPSA) is 59.8 Å². The number of carbonyl (C=O) groups excluding carboxylic acids is 1. The summed E-state index contributed by atoms with van der Waals surface area (Å²) in [5.74, 6) is -0.775. The normalized spacial score (nSPS) is 10.9. The summed E-state index contributed by atoms with van der Waals surface area (Å²) in [5, 5.41) is 10.3. The molecule has 0 saturated carbocycles. The van der Waals surface area contributed by atoms with Crippen LogP contribution in [0.4, 0.5) is 14.5 Å². The number of anilines is 1. The molecule has 8 heteroatoms. The molecule has 0 aliphatic rings. The Morgan fingerprint density at radius 2 is 1.88 bits per heavy atom. The lowest BCUT2D eigenvalue weighted by Crippen LogP contribution is -2.15. The van der Waals surface area contributed by atoms with Gasteiger partial charge in [0.15, 0.2) is 11.4 Å². The Morgan fingerprint density at radius 1 is 1.16 bits per heavy atom. The molecule has 25 heavy (non-hydrogen) atoms. The summed E-state index contributed by atoms with van der Waals surface area (Å²) in [4.78, 5) is 13.4. The second-order valence-electron chi connectivity index (χ2n) is 5.23. The highest BCUT2D eigenvalue weighted by Gasteiger charge is 2.25. The zero-order valence-corrected chi connectivity index (χ0v) is 13.8. The van der Waals surface area contributed by atoms with Crippen LogP contribution >= 0.6 is 11.6 Å². The van der Waals surface area contributed by atoms with Crippen molar-refractivity contribution in [2.24, 2.45) is 7.05 Å². The van der Waals surface area contributed by atoms with E-state index in [2.05, 4.69) is 15.5 Å². The van der Waals surface area contributed by atoms with Gasteiger partial charge in [-0.05, 0) is 17.7 Å². The molecule has 3 rings (SSSR count). The quantitative estimate of drug-likeness (QED) is 0.751. The zero-order valence-electron chi connectivity index (χ0n) is 13.1. The molecule has 0 radical (unpaired) electrons. The Hall–Kier alpha value is -2.80. The van der Waals surface area contributed by atoms with Crippen LogP contribution in [0, 0.1) is 0 Å². The van der Waals surface area contributed by atoms with E-state index in [1.165, 1.54) is 7.05 Å². The van der Waals surface area contributed by atoms with Crippen LogP contribution in [0.5, 0.6) is 0 Å². The average Bonchev–Trinajstić information content (AvgIpc) is 2.98. The fraction of sp³-hybridized carbons (Fsp3) is 0.118. The Kier molecular flexibility index (Phi) is 4.76. The van der Waals surface area contributed by atoms with Crippen molar-refractivity contribution >= 4 is 23.2 Å². The fourth-order valence-electron chi connectivity index (χ4n) is 2.40. The first-order valence-corrected chi connectivity index (χ1v) is 7.69. The van der Waals surface area contributed by atoms with Gasteiger partial charge in [-0.25, -0.2) is 8.78 Å². The number of hydrogen-bond acceptors (Lipinski definition) is 3. The molecule has 5 nitrogen and oxygen atoms in total. The van der Waals surface area contributed by atoms with E-state index in [-0.39, 0.29) is 0 Å². The van der Waals surface area contributed by atoms with Crippen molar-refractivity contribution in [1.29, 1.82) is 0 Å². The second kappa shape index (κ2) is 6.98. The summed E-state index contributed by atoms with van der Waals surface area (Å²) in [7, 11) is 1.37. The zero-order chi connectivity index (χ0) is 18.0. The third kappa shape index (κ3) is 3.66. The summed E-state index contributed by atoms with van der Waals surface area (Å²) in [6.07, 6.45) is -2.90. The first-order valence-electron chi connectivity index (χ1n) is 7.31. The number of aromatic nitrogens is 3. The van der Waals surface area contributed by atoms with Crippen LogP contribution in [-0.2, 0) is 7.05 Å². The molecule has 0 atom stereocenters. The Morgan fingerprint density at radius 3 is 2.56 bits per heavy atom. The van der Waals surface area contributed by atoms with Gasteiger partial charge in [-0.15, -0.1) is 5.10 Å². The molecule has 0 fully saturated rings. The highest BCUT2D eigenvalue weighted by Crippen LogP contribution is 2.31. The second-order valence-corrected chi connectivity index (χ2v) is 5.67. The van der Waals surface area contributed by atoms with E-state index < -0.39 is 23.7 Å². The minimum absolute atomic E-state index is 0.398. The molecule has 3 aromatic rings. The SMILES string of the molecule is Cn1nc(C(=O)Nc2cc(Cl)ccc2-c2ccccc2)c(C(F)F)n1. The molecule has 0 bridgehead atoms. The van der Waals surface area contributed by atoms with Crippen LogP contribution in [0.25, 0.3) is 11.1 Å². The van der Waals surface area contributed by atoms with Gasteiger partial charge in [-0.2, -0.15) is 9.90 Å². The predicted octanol–water partition coefficient (Wildman–Crippen LogP) is 4.33. The smallest absolute Gasteiger partial charge is 0.284 e. The van der Waals surface area contributed by atoms with Crippen LogP contribution in [0.1, 0.15) is 22.6 Å². The molecule has 0 aliphatic carbocycles. The maximum atomic E-state index is 13.0.